The molecule has 0 aliphatic rings. The summed E-state index contributed by atoms with van der Waals surface area (Å²) in [5.74, 6) is 0.904. The van der Waals surface area contributed by atoms with Crippen molar-refractivity contribution in [3.8, 4) is 11.4 Å². The lowest BCUT2D eigenvalue weighted by atomic mass is 10.2. The lowest BCUT2D eigenvalue weighted by molar-refractivity contribution is -0.119. The second-order valence-electron chi connectivity index (χ2n) is 5.45. The van der Waals surface area contributed by atoms with Crippen LogP contribution in [0.1, 0.15) is 12.7 Å². The minimum absolute atomic E-state index is 0.413. The molecule has 0 fully saturated rings. The molecule has 0 aliphatic carbocycles. The number of benzene rings is 1. The van der Waals surface area contributed by atoms with E-state index in [2.05, 4.69) is 15.5 Å². The largest absolute Gasteiger partial charge is 0.467 e. The number of furan rings is 1. The molecule has 0 spiro atoms. The smallest absolute Gasteiger partial charge is 0.318 e. The van der Waals surface area contributed by atoms with Crippen LogP contribution in [0.25, 0.3) is 11.4 Å². The Balaban J connectivity index is 1.91. The molecule has 8 nitrogen and oxygen atoms in total. The fourth-order valence-electron chi connectivity index (χ4n) is 2.31. The number of hydrogen-bond donors (Lipinski definition) is 2. The number of urea groups is 1. The van der Waals surface area contributed by atoms with Gasteiger partial charge in [0.2, 0.25) is 5.91 Å². The van der Waals surface area contributed by atoms with E-state index in [9.17, 15) is 9.59 Å². The molecule has 0 radical (unpaired) electrons. The molecule has 1 aromatic carbocycles. The van der Waals surface area contributed by atoms with Crippen molar-refractivity contribution in [1.29, 1.82) is 0 Å². The Labute approximate surface area is 153 Å². The van der Waals surface area contributed by atoms with Gasteiger partial charge in [0, 0.05) is 5.56 Å². The van der Waals surface area contributed by atoms with E-state index in [1.165, 1.54) is 11.8 Å². The Kier molecular flexibility index (Phi) is 5.37. The summed E-state index contributed by atoms with van der Waals surface area (Å²) < 4.78 is 7.30. The van der Waals surface area contributed by atoms with Crippen LogP contribution in [0.5, 0.6) is 0 Å². The molecule has 0 saturated carbocycles. The molecule has 3 aromatic rings. The van der Waals surface area contributed by atoms with Gasteiger partial charge < -0.3 is 10.2 Å². The average molecular weight is 371 g/mol. The van der Waals surface area contributed by atoms with Crippen molar-refractivity contribution in [1.82, 2.24) is 20.1 Å². The zero-order valence-electron chi connectivity index (χ0n) is 14.0. The van der Waals surface area contributed by atoms with Crippen LogP contribution >= 0.6 is 11.8 Å². The Morgan fingerprint density at radius 2 is 2.00 bits per heavy atom. The number of rotatable bonds is 6. The molecule has 0 unspecified atom stereocenters. The standard InChI is InChI=1S/C17H17N5O3S/c1-11(15(23)19-16(18)24)26-17-21-20-14(12-6-3-2-4-7-12)22(17)10-13-8-5-9-25-13/h2-9,11H,10H2,1H3,(H3,18,19,23,24)/t11-/m1/s1. The monoisotopic (exact) mass is 371 g/mol. The van der Waals surface area contributed by atoms with Crippen molar-refractivity contribution in [3.63, 3.8) is 0 Å². The minimum Gasteiger partial charge on any atom is -0.467 e. The van der Waals surface area contributed by atoms with Gasteiger partial charge in [0.15, 0.2) is 11.0 Å². The second kappa shape index (κ2) is 7.87. The Morgan fingerprint density at radius 3 is 2.65 bits per heavy atom. The predicted molar refractivity (Wildman–Crippen MR) is 96.3 cm³/mol. The quantitative estimate of drug-likeness (QED) is 0.642. The van der Waals surface area contributed by atoms with Gasteiger partial charge in [0.25, 0.3) is 0 Å². The first-order valence-electron chi connectivity index (χ1n) is 7.82. The molecule has 0 saturated heterocycles. The van der Waals surface area contributed by atoms with Gasteiger partial charge in [0.05, 0.1) is 18.1 Å². The number of thioether (sulfide) groups is 1. The van der Waals surface area contributed by atoms with Crippen LogP contribution in [-0.4, -0.2) is 32.0 Å². The molecule has 26 heavy (non-hydrogen) atoms. The Hall–Kier alpha value is -3.07. The van der Waals surface area contributed by atoms with Gasteiger partial charge >= 0.3 is 6.03 Å². The molecule has 3 amide bonds. The third kappa shape index (κ3) is 4.12. The van der Waals surface area contributed by atoms with Crippen molar-refractivity contribution in [2.75, 3.05) is 0 Å². The first-order valence-corrected chi connectivity index (χ1v) is 8.70. The fourth-order valence-corrected chi connectivity index (χ4v) is 3.16. The van der Waals surface area contributed by atoms with Gasteiger partial charge in [-0.3, -0.25) is 14.7 Å². The van der Waals surface area contributed by atoms with E-state index in [1.54, 1.807) is 19.3 Å². The van der Waals surface area contributed by atoms with Crippen molar-refractivity contribution < 1.29 is 14.0 Å². The lowest BCUT2D eigenvalue weighted by Crippen LogP contribution is -2.39. The maximum absolute atomic E-state index is 12.0. The summed E-state index contributed by atoms with van der Waals surface area (Å²) in [6.45, 7) is 2.08. The number of nitrogens with one attached hydrogen (secondary N) is 1. The molecule has 0 bridgehead atoms. The van der Waals surface area contributed by atoms with Gasteiger partial charge in [-0.2, -0.15) is 0 Å². The second-order valence-corrected chi connectivity index (χ2v) is 6.76. The summed E-state index contributed by atoms with van der Waals surface area (Å²) in [4.78, 5) is 22.8. The number of primary amides is 1. The number of aromatic nitrogens is 3. The van der Waals surface area contributed by atoms with Gasteiger partial charge in [-0.05, 0) is 19.1 Å². The van der Waals surface area contributed by atoms with Crippen LogP contribution in [0.4, 0.5) is 4.79 Å². The predicted octanol–water partition coefficient (Wildman–Crippen LogP) is 2.26. The molecule has 134 valence electrons. The molecular weight excluding hydrogens is 354 g/mol. The summed E-state index contributed by atoms with van der Waals surface area (Å²) in [5, 5.41) is 10.5. The van der Waals surface area contributed by atoms with E-state index in [4.69, 9.17) is 10.2 Å². The number of carbonyl (C=O) groups is 2. The Morgan fingerprint density at radius 1 is 1.23 bits per heavy atom. The van der Waals surface area contributed by atoms with Gasteiger partial charge in [-0.15, -0.1) is 10.2 Å². The number of imide groups is 1. The van der Waals surface area contributed by atoms with E-state index >= 15 is 0 Å². The van der Waals surface area contributed by atoms with E-state index in [-0.39, 0.29) is 0 Å². The maximum Gasteiger partial charge on any atom is 0.318 e. The van der Waals surface area contributed by atoms with E-state index < -0.39 is 17.2 Å². The lowest BCUT2D eigenvalue weighted by Gasteiger charge is -2.12. The van der Waals surface area contributed by atoms with Crippen LogP contribution in [0.2, 0.25) is 0 Å². The van der Waals surface area contributed by atoms with Gasteiger partial charge in [0.1, 0.15) is 5.76 Å². The molecule has 3 N–H and O–H groups in total. The first-order chi connectivity index (χ1) is 12.5. The number of nitrogens with two attached hydrogens (primary N) is 1. The first kappa shape index (κ1) is 17.7. The molecule has 2 aromatic heterocycles. The third-order valence-corrected chi connectivity index (χ3v) is 4.62. The van der Waals surface area contributed by atoms with Crippen molar-refractivity contribution in [2.24, 2.45) is 5.73 Å². The maximum atomic E-state index is 12.0. The van der Waals surface area contributed by atoms with Crippen molar-refractivity contribution in [3.05, 3.63) is 54.5 Å². The average Bonchev–Trinajstić information content (AvgIpc) is 3.26. The third-order valence-electron chi connectivity index (χ3n) is 3.54. The summed E-state index contributed by atoms with van der Waals surface area (Å²) in [6, 6.07) is 12.4. The summed E-state index contributed by atoms with van der Waals surface area (Å²) in [7, 11) is 0. The molecule has 9 heteroatoms. The normalized spacial score (nSPS) is 11.9. The summed E-state index contributed by atoms with van der Waals surface area (Å²) in [5.41, 5.74) is 5.90. The number of hydrogen-bond acceptors (Lipinski definition) is 6. The van der Waals surface area contributed by atoms with Crippen LogP contribution in [0.15, 0.2) is 58.3 Å². The van der Waals surface area contributed by atoms with E-state index in [1.807, 2.05) is 41.0 Å². The summed E-state index contributed by atoms with van der Waals surface area (Å²) in [6.07, 6.45) is 1.59. The van der Waals surface area contributed by atoms with Crippen LogP contribution < -0.4 is 11.1 Å². The van der Waals surface area contributed by atoms with Crippen molar-refractivity contribution in [2.45, 2.75) is 23.9 Å². The van der Waals surface area contributed by atoms with Crippen LogP contribution in [0.3, 0.4) is 0 Å². The molecule has 0 aliphatic heterocycles. The molecule has 3 rings (SSSR count). The zero-order valence-corrected chi connectivity index (χ0v) is 14.8. The molecule has 2 heterocycles. The highest BCUT2D eigenvalue weighted by molar-refractivity contribution is 8.00. The van der Waals surface area contributed by atoms with Crippen LogP contribution in [0, 0.1) is 0 Å². The highest BCUT2D eigenvalue weighted by Crippen LogP contribution is 2.27. The molecule has 1 atom stereocenters. The van der Waals surface area contributed by atoms with Crippen LogP contribution in [-0.2, 0) is 11.3 Å². The minimum atomic E-state index is -0.885. The number of carbonyl (C=O) groups excluding carboxylic acids is 2. The van der Waals surface area contributed by atoms with E-state index in [0.717, 1.165) is 11.3 Å². The SMILES string of the molecule is C[C@@H](Sc1nnc(-c2ccccc2)n1Cc1ccco1)C(=O)NC(N)=O. The fraction of sp³-hybridized carbons (Fsp3) is 0.176. The molecular formula is C17H17N5O3S. The summed E-state index contributed by atoms with van der Waals surface area (Å²) >= 11 is 1.19. The van der Waals surface area contributed by atoms with E-state index in [0.29, 0.717) is 17.5 Å². The van der Waals surface area contributed by atoms with Gasteiger partial charge in [-0.1, -0.05) is 42.1 Å². The topological polar surface area (TPSA) is 116 Å². The zero-order chi connectivity index (χ0) is 18.5. The van der Waals surface area contributed by atoms with Gasteiger partial charge in [-0.25, -0.2) is 4.79 Å². The highest BCUT2D eigenvalue weighted by Gasteiger charge is 2.22. The number of amides is 3. The Bertz CT molecular complexity index is 893. The van der Waals surface area contributed by atoms with Crippen molar-refractivity contribution >= 4 is 23.7 Å². The number of nitrogens with zero attached hydrogens (tertiary/aromatic N) is 3. The highest BCUT2D eigenvalue weighted by atomic mass is 32.2.